The minimum atomic E-state index is 0.508. The molecule has 6 nitrogen and oxygen atoms in total. The van der Waals surface area contributed by atoms with Crippen LogP contribution in [0.3, 0.4) is 0 Å². The van der Waals surface area contributed by atoms with E-state index in [0.717, 1.165) is 70.9 Å². The van der Waals surface area contributed by atoms with Crippen molar-refractivity contribution in [3.05, 3.63) is 85.4 Å². The first-order valence-electron chi connectivity index (χ1n) is 12.1. The van der Waals surface area contributed by atoms with E-state index in [9.17, 15) is 0 Å². The molecule has 0 unspecified atom stereocenters. The number of piperidine rings is 1. The molecule has 0 amide bonds. The van der Waals surface area contributed by atoms with E-state index in [0.29, 0.717) is 6.04 Å². The lowest BCUT2D eigenvalue weighted by molar-refractivity contribution is 0.252. The maximum atomic E-state index is 4.63. The molecule has 0 radical (unpaired) electrons. The first-order valence-corrected chi connectivity index (χ1v) is 12.1. The zero-order valence-corrected chi connectivity index (χ0v) is 21.3. The Morgan fingerprint density at radius 1 is 1.06 bits per heavy atom. The van der Waals surface area contributed by atoms with Crippen molar-refractivity contribution in [2.45, 2.75) is 25.8 Å². The zero-order valence-electron chi connectivity index (χ0n) is 21.3. The van der Waals surface area contributed by atoms with Gasteiger partial charge in [-0.15, -0.1) is 0 Å². The van der Waals surface area contributed by atoms with Crippen LogP contribution in [0.1, 0.15) is 30.9 Å². The number of pyridine rings is 2. The van der Waals surface area contributed by atoms with Crippen molar-refractivity contribution < 1.29 is 0 Å². The number of benzene rings is 1. The molecular formula is C29H36N6. The summed E-state index contributed by atoms with van der Waals surface area (Å²) in [5.74, 6) is 1.74. The van der Waals surface area contributed by atoms with Crippen molar-refractivity contribution in [3.63, 3.8) is 0 Å². The molecule has 0 saturated carbocycles. The zero-order chi connectivity index (χ0) is 24.9. The summed E-state index contributed by atoms with van der Waals surface area (Å²) in [5, 5.41) is 5.60. The minimum absolute atomic E-state index is 0.508. The Morgan fingerprint density at radius 3 is 2.54 bits per heavy atom. The van der Waals surface area contributed by atoms with Crippen LogP contribution in [-0.2, 0) is 0 Å². The van der Waals surface area contributed by atoms with Gasteiger partial charge in [0.25, 0.3) is 0 Å². The third-order valence-corrected chi connectivity index (χ3v) is 6.91. The van der Waals surface area contributed by atoms with Gasteiger partial charge in [-0.3, -0.25) is 0 Å². The molecule has 6 heteroatoms. The molecule has 4 rings (SSSR count). The fourth-order valence-corrected chi connectivity index (χ4v) is 4.64. The van der Waals surface area contributed by atoms with Crippen LogP contribution in [0.4, 0.5) is 11.6 Å². The molecule has 3 heterocycles. The minimum Gasteiger partial charge on any atom is -0.357 e. The molecule has 3 aromatic rings. The lowest BCUT2D eigenvalue weighted by Crippen LogP contribution is -2.42. The summed E-state index contributed by atoms with van der Waals surface area (Å²) in [6, 6.07) is 13.1. The molecular weight excluding hydrogens is 432 g/mol. The van der Waals surface area contributed by atoms with Crippen LogP contribution in [-0.4, -0.2) is 60.0 Å². The second-order valence-electron chi connectivity index (χ2n) is 9.25. The van der Waals surface area contributed by atoms with E-state index in [1.54, 1.807) is 0 Å². The quantitative estimate of drug-likeness (QED) is 0.459. The first-order chi connectivity index (χ1) is 16.9. The second-order valence-corrected chi connectivity index (χ2v) is 9.25. The summed E-state index contributed by atoms with van der Waals surface area (Å²) in [5.41, 5.74) is 4.05. The Kier molecular flexibility index (Phi) is 7.51. The largest absolute Gasteiger partial charge is 0.357 e. The predicted molar refractivity (Wildman–Crippen MR) is 149 cm³/mol. The van der Waals surface area contributed by atoms with Crippen molar-refractivity contribution >= 4 is 33.8 Å². The molecule has 1 aliphatic rings. The maximum Gasteiger partial charge on any atom is 0.130 e. The summed E-state index contributed by atoms with van der Waals surface area (Å²) in [7, 11) is 6.33. The Hall–Kier alpha value is -3.64. The summed E-state index contributed by atoms with van der Waals surface area (Å²) >= 11 is 0. The van der Waals surface area contributed by atoms with Gasteiger partial charge in [0.1, 0.15) is 11.6 Å². The van der Waals surface area contributed by atoms with Gasteiger partial charge in [-0.2, -0.15) is 0 Å². The van der Waals surface area contributed by atoms with E-state index >= 15 is 0 Å². The highest BCUT2D eigenvalue weighted by atomic mass is 15.2. The van der Waals surface area contributed by atoms with Gasteiger partial charge < -0.3 is 20.0 Å². The van der Waals surface area contributed by atoms with Crippen molar-refractivity contribution in [2.75, 3.05) is 44.4 Å². The summed E-state index contributed by atoms with van der Waals surface area (Å²) in [6.45, 7) is 12.5. The van der Waals surface area contributed by atoms with Gasteiger partial charge in [-0.25, -0.2) is 9.97 Å². The molecule has 1 aliphatic heterocycles. The smallest absolute Gasteiger partial charge is 0.130 e. The molecule has 182 valence electrons. The SMILES string of the molecule is C=CN(C)/C(=C\C)c1ccc2cnc(NC(=C)c3ccnc(N(C)C4CCN(C)CC4)c3)cc2c1. The van der Waals surface area contributed by atoms with Crippen LogP contribution >= 0.6 is 0 Å². The van der Waals surface area contributed by atoms with Gasteiger partial charge in [-0.1, -0.05) is 31.4 Å². The van der Waals surface area contributed by atoms with Crippen molar-refractivity contribution in [1.82, 2.24) is 19.8 Å². The Bertz CT molecular complexity index is 1240. The van der Waals surface area contributed by atoms with Crippen molar-refractivity contribution in [1.29, 1.82) is 0 Å². The molecule has 35 heavy (non-hydrogen) atoms. The number of aromatic nitrogens is 2. The summed E-state index contributed by atoms with van der Waals surface area (Å²) < 4.78 is 0. The van der Waals surface area contributed by atoms with Crippen LogP contribution < -0.4 is 10.2 Å². The average molecular weight is 469 g/mol. The maximum absolute atomic E-state index is 4.63. The number of hydrogen-bond acceptors (Lipinski definition) is 6. The van der Waals surface area contributed by atoms with E-state index in [1.165, 1.54) is 0 Å². The van der Waals surface area contributed by atoms with Crippen LogP contribution in [0, 0.1) is 0 Å². The van der Waals surface area contributed by atoms with E-state index in [4.69, 9.17) is 0 Å². The first kappa shape index (κ1) is 24.5. The van der Waals surface area contributed by atoms with Crippen LogP contribution in [0.2, 0.25) is 0 Å². The lowest BCUT2D eigenvalue weighted by Gasteiger charge is -2.35. The molecule has 1 aromatic carbocycles. The highest BCUT2D eigenvalue weighted by Gasteiger charge is 2.21. The molecule has 0 aliphatic carbocycles. The molecule has 0 bridgehead atoms. The van der Waals surface area contributed by atoms with Crippen LogP contribution in [0.5, 0.6) is 0 Å². The van der Waals surface area contributed by atoms with E-state index in [1.807, 2.05) is 43.5 Å². The van der Waals surface area contributed by atoms with E-state index in [-0.39, 0.29) is 0 Å². The Labute approximate surface area is 209 Å². The topological polar surface area (TPSA) is 47.5 Å². The molecule has 0 spiro atoms. The fraction of sp³-hybridized carbons (Fsp3) is 0.310. The van der Waals surface area contributed by atoms with Gasteiger partial charge in [0.15, 0.2) is 0 Å². The second kappa shape index (κ2) is 10.7. The molecule has 1 saturated heterocycles. The third kappa shape index (κ3) is 5.54. The molecule has 1 N–H and O–H groups in total. The van der Waals surface area contributed by atoms with E-state index in [2.05, 4.69) is 88.7 Å². The number of hydrogen-bond donors (Lipinski definition) is 1. The predicted octanol–water partition coefficient (Wildman–Crippen LogP) is 5.68. The fourth-order valence-electron chi connectivity index (χ4n) is 4.64. The number of fused-ring (bicyclic) bond motifs is 1. The highest BCUT2D eigenvalue weighted by Crippen LogP contribution is 2.27. The number of anilines is 2. The molecule has 2 aromatic heterocycles. The lowest BCUT2D eigenvalue weighted by atomic mass is 10.0. The Balaban J connectivity index is 1.52. The average Bonchev–Trinajstić information content (AvgIpc) is 2.89. The van der Waals surface area contributed by atoms with Gasteiger partial charge in [0.2, 0.25) is 0 Å². The Morgan fingerprint density at radius 2 is 1.83 bits per heavy atom. The summed E-state index contributed by atoms with van der Waals surface area (Å²) in [6.07, 6.45) is 9.97. The number of allylic oxidation sites excluding steroid dienone is 1. The molecule has 0 atom stereocenters. The molecule has 1 fully saturated rings. The van der Waals surface area contributed by atoms with Gasteiger partial charge >= 0.3 is 0 Å². The number of nitrogens with zero attached hydrogens (tertiary/aromatic N) is 5. The highest BCUT2D eigenvalue weighted by molar-refractivity contribution is 5.88. The van der Waals surface area contributed by atoms with Crippen LogP contribution in [0.15, 0.2) is 74.2 Å². The standard InChI is InChI=1S/C29H36N6/c1-7-27(34(5)8-2)23-9-10-24-20-31-28(18-25(24)17-23)32-21(3)22-11-14-30-29(19-22)35(6)26-12-15-33(4)16-13-26/h7-11,14,17-20,26H,2-3,12-13,15-16H2,1,4-6H3,(H,31,32)/b27-7-. The van der Waals surface area contributed by atoms with Gasteiger partial charge in [-0.05, 0) is 81.3 Å². The number of nitrogens with one attached hydrogen (secondary N) is 1. The van der Waals surface area contributed by atoms with Crippen LogP contribution in [0.25, 0.3) is 22.2 Å². The van der Waals surface area contributed by atoms with Crippen molar-refractivity contribution in [2.24, 2.45) is 0 Å². The summed E-state index contributed by atoms with van der Waals surface area (Å²) in [4.78, 5) is 16.0. The van der Waals surface area contributed by atoms with Gasteiger partial charge in [0, 0.05) is 54.9 Å². The van der Waals surface area contributed by atoms with Crippen molar-refractivity contribution in [3.8, 4) is 0 Å². The third-order valence-electron chi connectivity index (χ3n) is 6.91. The van der Waals surface area contributed by atoms with E-state index < -0.39 is 0 Å². The normalized spacial score (nSPS) is 15.1. The van der Waals surface area contributed by atoms with Gasteiger partial charge in [0.05, 0.1) is 0 Å². The number of rotatable bonds is 8. The monoisotopic (exact) mass is 468 g/mol. The number of likely N-dealkylation sites (tertiary alicyclic amines) is 1.